The van der Waals surface area contributed by atoms with Crippen molar-refractivity contribution in [3.05, 3.63) is 88.9 Å². The zero-order valence-electron chi connectivity index (χ0n) is 22.8. The third-order valence-corrected chi connectivity index (χ3v) is 6.70. The van der Waals surface area contributed by atoms with Crippen molar-refractivity contribution >= 4 is 23.4 Å². The standard InChI is InChI=1S/C31H37N3O4/c1-20(2)21-11-13-23(14-12-21)28(30(37)33-31(3,4)5)34(25-16-15-22-8-6-9-24(22)18-25)27(35)19-32-29(36)26-10-7-17-38-26/h7,10-18,20,28H,6,8-9,19H2,1-5H3,(H,32,36)(H,33,37)/t28-/m0/s1. The van der Waals surface area contributed by atoms with Crippen LogP contribution in [-0.2, 0) is 22.4 Å². The molecule has 1 aromatic heterocycles. The van der Waals surface area contributed by atoms with E-state index in [9.17, 15) is 14.4 Å². The lowest BCUT2D eigenvalue weighted by atomic mass is 9.96. The number of amides is 3. The molecule has 38 heavy (non-hydrogen) atoms. The molecule has 0 saturated carbocycles. The summed E-state index contributed by atoms with van der Waals surface area (Å²) >= 11 is 0. The first-order valence-electron chi connectivity index (χ1n) is 13.2. The smallest absolute Gasteiger partial charge is 0.287 e. The van der Waals surface area contributed by atoms with Crippen molar-refractivity contribution in [1.82, 2.24) is 10.6 Å². The Labute approximate surface area is 224 Å². The molecule has 0 unspecified atom stereocenters. The van der Waals surface area contributed by atoms with E-state index in [2.05, 4.69) is 24.5 Å². The lowest BCUT2D eigenvalue weighted by molar-refractivity contribution is -0.127. The quantitative estimate of drug-likeness (QED) is 0.425. The van der Waals surface area contributed by atoms with Crippen molar-refractivity contribution in [3.63, 3.8) is 0 Å². The lowest BCUT2D eigenvalue weighted by Gasteiger charge is -2.34. The molecule has 0 aliphatic heterocycles. The maximum absolute atomic E-state index is 13.9. The van der Waals surface area contributed by atoms with Gasteiger partial charge in [-0.2, -0.15) is 0 Å². The topological polar surface area (TPSA) is 91.7 Å². The van der Waals surface area contributed by atoms with Crippen LogP contribution in [0.3, 0.4) is 0 Å². The summed E-state index contributed by atoms with van der Waals surface area (Å²) in [5.41, 5.74) is 4.42. The molecule has 0 saturated heterocycles. The van der Waals surface area contributed by atoms with E-state index in [4.69, 9.17) is 4.42 Å². The second-order valence-electron chi connectivity index (χ2n) is 11.2. The maximum Gasteiger partial charge on any atom is 0.287 e. The monoisotopic (exact) mass is 515 g/mol. The number of hydrogen-bond acceptors (Lipinski definition) is 4. The summed E-state index contributed by atoms with van der Waals surface area (Å²) in [4.78, 5) is 41.8. The highest BCUT2D eigenvalue weighted by atomic mass is 16.3. The number of fused-ring (bicyclic) bond motifs is 1. The predicted octanol–water partition coefficient (Wildman–Crippen LogP) is 5.31. The molecule has 200 valence electrons. The Morgan fingerprint density at radius 3 is 2.26 bits per heavy atom. The van der Waals surface area contributed by atoms with Crippen molar-refractivity contribution in [2.45, 2.75) is 71.4 Å². The molecule has 2 aromatic carbocycles. The summed E-state index contributed by atoms with van der Waals surface area (Å²) in [5, 5.41) is 5.71. The highest BCUT2D eigenvalue weighted by Gasteiger charge is 2.35. The summed E-state index contributed by atoms with van der Waals surface area (Å²) in [6.07, 6.45) is 4.41. The van der Waals surface area contributed by atoms with Crippen molar-refractivity contribution in [3.8, 4) is 0 Å². The van der Waals surface area contributed by atoms with E-state index in [-0.39, 0.29) is 18.2 Å². The Morgan fingerprint density at radius 1 is 0.947 bits per heavy atom. The number of aryl methyl sites for hydroxylation is 2. The number of hydrogen-bond donors (Lipinski definition) is 2. The third kappa shape index (κ3) is 6.33. The van der Waals surface area contributed by atoms with Crippen LogP contribution in [0.4, 0.5) is 5.69 Å². The van der Waals surface area contributed by atoms with Crippen molar-refractivity contribution < 1.29 is 18.8 Å². The van der Waals surface area contributed by atoms with Crippen LogP contribution in [0.2, 0.25) is 0 Å². The molecule has 1 aliphatic carbocycles. The number of rotatable bonds is 8. The minimum absolute atomic E-state index is 0.119. The van der Waals surface area contributed by atoms with Gasteiger partial charge in [-0.25, -0.2) is 0 Å². The molecule has 1 atom stereocenters. The Balaban J connectivity index is 1.75. The highest BCUT2D eigenvalue weighted by Crippen LogP contribution is 2.33. The zero-order valence-corrected chi connectivity index (χ0v) is 22.8. The number of benzene rings is 2. The van der Waals surface area contributed by atoms with Crippen LogP contribution >= 0.6 is 0 Å². The fraction of sp³-hybridized carbons (Fsp3) is 0.387. The van der Waals surface area contributed by atoms with Crippen LogP contribution in [-0.4, -0.2) is 29.8 Å². The van der Waals surface area contributed by atoms with Gasteiger partial charge in [-0.05, 0) is 92.5 Å². The molecule has 0 bridgehead atoms. The fourth-order valence-electron chi connectivity index (χ4n) is 4.80. The van der Waals surface area contributed by atoms with E-state index < -0.39 is 23.4 Å². The van der Waals surface area contributed by atoms with Gasteiger partial charge in [0.15, 0.2) is 5.76 Å². The molecular weight excluding hydrogens is 478 g/mol. The summed E-state index contributed by atoms with van der Waals surface area (Å²) in [6.45, 7) is 9.67. The molecule has 7 heteroatoms. The average molecular weight is 516 g/mol. The van der Waals surface area contributed by atoms with Gasteiger partial charge in [0, 0.05) is 11.2 Å². The Kier molecular flexibility index (Phi) is 8.05. The van der Waals surface area contributed by atoms with Crippen molar-refractivity contribution in [2.24, 2.45) is 0 Å². The predicted molar refractivity (Wildman–Crippen MR) is 148 cm³/mol. The molecule has 1 aliphatic rings. The average Bonchev–Trinajstić information content (AvgIpc) is 3.56. The zero-order chi connectivity index (χ0) is 27.4. The molecule has 4 rings (SSSR count). The summed E-state index contributed by atoms with van der Waals surface area (Å²) in [7, 11) is 0. The molecule has 1 heterocycles. The van der Waals surface area contributed by atoms with E-state index in [1.807, 2.05) is 63.2 Å². The minimum atomic E-state index is -0.928. The number of nitrogens with one attached hydrogen (secondary N) is 2. The Hall–Kier alpha value is -3.87. The molecule has 0 fully saturated rings. The van der Waals surface area contributed by atoms with Crippen LogP contribution in [0.1, 0.15) is 85.8 Å². The first kappa shape index (κ1) is 27.2. The largest absolute Gasteiger partial charge is 0.459 e. The van der Waals surface area contributed by atoms with E-state index in [1.54, 1.807) is 6.07 Å². The molecule has 0 radical (unpaired) electrons. The van der Waals surface area contributed by atoms with Gasteiger partial charge in [-0.15, -0.1) is 0 Å². The molecule has 2 N–H and O–H groups in total. The molecule has 3 amide bonds. The van der Waals surface area contributed by atoms with Crippen LogP contribution in [0.25, 0.3) is 0 Å². The van der Waals surface area contributed by atoms with E-state index in [1.165, 1.54) is 28.4 Å². The van der Waals surface area contributed by atoms with Crippen LogP contribution in [0.15, 0.2) is 65.3 Å². The third-order valence-electron chi connectivity index (χ3n) is 6.70. The maximum atomic E-state index is 13.9. The van der Waals surface area contributed by atoms with Gasteiger partial charge in [-0.1, -0.05) is 44.2 Å². The SMILES string of the molecule is CC(C)c1ccc([C@@H](C(=O)NC(C)(C)C)N(C(=O)CNC(=O)c2ccco2)c2ccc3c(c2)CCC3)cc1. The number of nitrogens with zero attached hydrogens (tertiary/aromatic N) is 1. The Bertz CT molecular complexity index is 1290. The first-order valence-corrected chi connectivity index (χ1v) is 13.2. The van der Waals surface area contributed by atoms with E-state index in [0.29, 0.717) is 17.2 Å². The highest BCUT2D eigenvalue weighted by molar-refractivity contribution is 6.04. The van der Waals surface area contributed by atoms with Gasteiger partial charge in [-0.3, -0.25) is 19.3 Å². The van der Waals surface area contributed by atoms with Gasteiger partial charge in [0.1, 0.15) is 6.04 Å². The fourth-order valence-corrected chi connectivity index (χ4v) is 4.80. The van der Waals surface area contributed by atoms with Crippen LogP contribution in [0.5, 0.6) is 0 Å². The molecule has 7 nitrogen and oxygen atoms in total. The normalized spacial score (nSPS) is 13.6. The second-order valence-corrected chi connectivity index (χ2v) is 11.2. The van der Waals surface area contributed by atoms with Gasteiger partial charge >= 0.3 is 0 Å². The van der Waals surface area contributed by atoms with Gasteiger partial charge in [0.25, 0.3) is 5.91 Å². The second kappa shape index (κ2) is 11.3. The van der Waals surface area contributed by atoms with E-state index >= 15 is 0 Å². The number of carbonyl (C=O) groups excluding carboxylic acids is 3. The summed E-state index contributed by atoms with van der Waals surface area (Å²) in [5.74, 6) is -0.731. The van der Waals surface area contributed by atoms with Gasteiger partial charge in [0.05, 0.1) is 12.8 Å². The molecule has 0 spiro atoms. The van der Waals surface area contributed by atoms with Crippen LogP contribution in [0, 0.1) is 0 Å². The minimum Gasteiger partial charge on any atom is -0.459 e. The first-order chi connectivity index (χ1) is 18.0. The van der Waals surface area contributed by atoms with E-state index in [0.717, 1.165) is 24.8 Å². The Morgan fingerprint density at radius 2 is 1.63 bits per heavy atom. The molecular formula is C31H37N3O4. The lowest BCUT2D eigenvalue weighted by Crippen LogP contribution is -2.51. The molecule has 3 aromatic rings. The van der Waals surface area contributed by atoms with Crippen molar-refractivity contribution in [1.29, 1.82) is 0 Å². The van der Waals surface area contributed by atoms with Gasteiger partial charge in [0.2, 0.25) is 11.8 Å². The van der Waals surface area contributed by atoms with Crippen molar-refractivity contribution in [2.75, 3.05) is 11.4 Å². The number of furan rings is 1. The number of anilines is 1. The summed E-state index contributed by atoms with van der Waals surface area (Å²) in [6, 6.07) is 16.0. The van der Waals surface area contributed by atoms with Crippen LogP contribution < -0.4 is 15.5 Å². The summed E-state index contributed by atoms with van der Waals surface area (Å²) < 4.78 is 5.16. The van der Waals surface area contributed by atoms with Gasteiger partial charge < -0.3 is 15.1 Å². The number of carbonyl (C=O) groups is 3.